The smallest absolute Gasteiger partial charge is 0.224 e. The van der Waals surface area contributed by atoms with E-state index in [9.17, 15) is 17.6 Å². The minimum Gasteiger partial charge on any atom is -0.354 e. The molecule has 0 saturated carbocycles. The molecule has 26 heavy (non-hydrogen) atoms. The molecule has 0 aromatic heterocycles. The average molecular weight is 399 g/mol. The largest absolute Gasteiger partial charge is 0.354 e. The van der Waals surface area contributed by atoms with Gasteiger partial charge >= 0.3 is 0 Å². The van der Waals surface area contributed by atoms with Crippen molar-refractivity contribution in [1.29, 1.82) is 0 Å². The molecule has 0 bridgehead atoms. The van der Waals surface area contributed by atoms with Crippen molar-refractivity contribution in [3.05, 3.63) is 70.5 Å². The Hall–Kier alpha value is -1.96. The number of hydrogen-bond acceptors (Lipinski definition) is 3. The minimum absolute atomic E-state index is 0.0945. The number of amides is 1. The number of rotatable bonds is 8. The molecule has 2 aromatic carbocycles. The first-order valence-electron chi connectivity index (χ1n) is 7.95. The number of sulfonamides is 1. The Morgan fingerprint density at radius 2 is 1.81 bits per heavy atom. The van der Waals surface area contributed by atoms with E-state index in [1.807, 2.05) is 0 Å². The number of nitrogens with zero attached hydrogens (tertiary/aromatic N) is 1. The zero-order valence-electron chi connectivity index (χ0n) is 14.3. The molecule has 0 spiro atoms. The molecule has 0 fully saturated rings. The van der Waals surface area contributed by atoms with Crippen molar-refractivity contribution in [2.45, 2.75) is 13.0 Å². The molecule has 0 heterocycles. The van der Waals surface area contributed by atoms with E-state index in [4.69, 9.17) is 11.6 Å². The Balaban J connectivity index is 1.90. The number of nitrogens with one attached hydrogen (secondary N) is 1. The summed E-state index contributed by atoms with van der Waals surface area (Å²) in [6.07, 6.45) is 1.02. The number of carbonyl (C=O) groups excluding carboxylic acids is 1. The highest BCUT2D eigenvalue weighted by Crippen LogP contribution is 2.13. The Morgan fingerprint density at radius 1 is 1.15 bits per heavy atom. The van der Waals surface area contributed by atoms with Crippen molar-refractivity contribution in [3.63, 3.8) is 0 Å². The Kier molecular flexibility index (Phi) is 7.14. The highest BCUT2D eigenvalue weighted by Gasteiger charge is 2.17. The van der Waals surface area contributed by atoms with Crippen molar-refractivity contribution in [2.75, 3.05) is 19.3 Å². The average Bonchev–Trinajstić information content (AvgIpc) is 2.57. The third kappa shape index (κ3) is 6.40. The van der Waals surface area contributed by atoms with Crippen molar-refractivity contribution >= 4 is 27.5 Å². The quantitative estimate of drug-likeness (QED) is 0.743. The molecular formula is C18H20ClFN2O3S. The highest BCUT2D eigenvalue weighted by molar-refractivity contribution is 7.88. The number of halogens is 2. The molecule has 2 rings (SSSR count). The van der Waals surface area contributed by atoms with E-state index >= 15 is 0 Å². The van der Waals surface area contributed by atoms with Gasteiger partial charge in [0.05, 0.1) is 12.7 Å². The van der Waals surface area contributed by atoms with Gasteiger partial charge in [-0.2, -0.15) is 4.31 Å². The fraction of sp³-hybridized carbons (Fsp3) is 0.278. The van der Waals surface area contributed by atoms with Crippen molar-refractivity contribution in [1.82, 2.24) is 9.62 Å². The van der Waals surface area contributed by atoms with Gasteiger partial charge in [0.1, 0.15) is 5.82 Å². The van der Waals surface area contributed by atoms with Gasteiger partial charge in [-0.1, -0.05) is 41.9 Å². The van der Waals surface area contributed by atoms with Crippen LogP contribution in [0.3, 0.4) is 0 Å². The molecule has 1 N–H and O–H groups in total. The molecule has 0 atom stereocenters. The van der Waals surface area contributed by atoms with Crippen LogP contribution in [0.15, 0.2) is 48.5 Å². The third-order valence-corrected chi connectivity index (χ3v) is 5.24. The lowest BCUT2D eigenvalue weighted by molar-refractivity contribution is -0.120. The summed E-state index contributed by atoms with van der Waals surface area (Å²) in [6.45, 7) is 0.428. The number of carbonyl (C=O) groups is 1. The summed E-state index contributed by atoms with van der Waals surface area (Å²) in [7, 11) is -3.45. The lowest BCUT2D eigenvalue weighted by Crippen LogP contribution is -2.38. The second-order valence-electron chi connectivity index (χ2n) is 5.84. The zero-order valence-corrected chi connectivity index (χ0v) is 15.9. The lowest BCUT2D eigenvalue weighted by Gasteiger charge is -2.20. The number of hydrogen-bond donors (Lipinski definition) is 1. The van der Waals surface area contributed by atoms with Crippen LogP contribution in [0.5, 0.6) is 0 Å². The molecule has 1 amide bonds. The summed E-state index contributed by atoms with van der Waals surface area (Å²) in [5, 5.41) is 3.19. The highest BCUT2D eigenvalue weighted by atomic mass is 35.5. The van der Waals surface area contributed by atoms with Gasteiger partial charge in [0, 0.05) is 24.7 Å². The van der Waals surface area contributed by atoms with Crippen LogP contribution in [0.1, 0.15) is 11.1 Å². The third-order valence-electron chi connectivity index (χ3n) is 3.73. The molecule has 0 aliphatic rings. The van der Waals surface area contributed by atoms with Gasteiger partial charge in [-0.05, 0) is 29.3 Å². The molecule has 0 saturated heterocycles. The second kappa shape index (κ2) is 9.12. The van der Waals surface area contributed by atoms with E-state index < -0.39 is 15.8 Å². The Morgan fingerprint density at radius 3 is 2.42 bits per heavy atom. The fourth-order valence-electron chi connectivity index (χ4n) is 2.35. The zero-order chi connectivity index (χ0) is 19.2. The van der Waals surface area contributed by atoms with Gasteiger partial charge in [-0.25, -0.2) is 12.8 Å². The van der Waals surface area contributed by atoms with Crippen molar-refractivity contribution in [3.8, 4) is 0 Å². The van der Waals surface area contributed by atoms with E-state index in [0.717, 1.165) is 11.8 Å². The summed E-state index contributed by atoms with van der Waals surface area (Å²) in [4.78, 5) is 11.9. The molecule has 0 radical (unpaired) electrons. The van der Waals surface area contributed by atoms with Crippen molar-refractivity contribution < 1.29 is 17.6 Å². The maximum Gasteiger partial charge on any atom is 0.224 e. The van der Waals surface area contributed by atoms with Gasteiger partial charge < -0.3 is 5.32 Å². The summed E-state index contributed by atoms with van der Waals surface area (Å²) >= 11 is 5.83. The van der Waals surface area contributed by atoms with E-state index in [0.29, 0.717) is 10.6 Å². The van der Waals surface area contributed by atoms with Gasteiger partial charge in [0.2, 0.25) is 15.9 Å². The van der Waals surface area contributed by atoms with Gasteiger partial charge in [0.15, 0.2) is 0 Å². The predicted molar refractivity (Wildman–Crippen MR) is 99.8 cm³/mol. The molecule has 8 heteroatoms. The summed E-state index contributed by atoms with van der Waals surface area (Å²) in [6, 6.07) is 12.9. The van der Waals surface area contributed by atoms with Gasteiger partial charge in [-0.15, -0.1) is 0 Å². The summed E-state index contributed by atoms with van der Waals surface area (Å²) in [5.74, 6) is -0.807. The molecule has 0 aliphatic carbocycles. The SMILES string of the molecule is CS(=O)(=O)N(CCNC(=O)Cc1ccccc1F)Cc1ccc(Cl)cc1. The molecule has 2 aromatic rings. The maximum absolute atomic E-state index is 13.6. The lowest BCUT2D eigenvalue weighted by atomic mass is 10.1. The van der Waals surface area contributed by atoms with Crippen LogP contribution in [0.2, 0.25) is 5.02 Å². The first-order valence-corrected chi connectivity index (χ1v) is 10.2. The molecular weight excluding hydrogens is 379 g/mol. The monoisotopic (exact) mass is 398 g/mol. The molecule has 140 valence electrons. The van der Waals surface area contributed by atoms with Crippen LogP contribution < -0.4 is 5.32 Å². The predicted octanol–water partition coefficient (Wildman–Crippen LogP) is 2.60. The van der Waals surface area contributed by atoms with Crippen LogP contribution in [0.4, 0.5) is 4.39 Å². The van der Waals surface area contributed by atoms with Crippen LogP contribution >= 0.6 is 11.6 Å². The Labute approximate surface area is 157 Å². The van der Waals surface area contributed by atoms with Gasteiger partial charge in [0.25, 0.3) is 0 Å². The first kappa shape index (κ1) is 20.4. The molecule has 5 nitrogen and oxygen atoms in total. The minimum atomic E-state index is -3.45. The van der Waals surface area contributed by atoms with E-state index in [1.54, 1.807) is 36.4 Å². The second-order valence-corrected chi connectivity index (χ2v) is 8.26. The van der Waals surface area contributed by atoms with Crippen molar-refractivity contribution in [2.24, 2.45) is 0 Å². The van der Waals surface area contributed by atoms with E-state index in [1.165, 1.54) is 16.4 Å². The topological polar surface area (TPSA) is 66.5 Å². The Bertz CT molecular complexity index is 857. The standard InChI is InChI=1S/C18H20ClFN2O3S/c1-26(24,25)22(13-14-6-8-16(19)9-7-14)11-10-21-18(23)12-15-4-2-3-5-17(15)20/h2-9H,10-13H2,1H3,(H,21,23). The molecule has 0 unspecified atom stereocenters. The van der Waals surface area contributed by atoms with E-state index in [2.05, 4.69) is 5.32 Å². The van der Waals surface area contributed by atoms with Crippen LogP contribution in [0, 0.1) is 5.82 Å². The van der Waals surface area contributed by atoms with Crippen LogP contribution in [-0.2, 0) is 27.8 Å². The maximum atomic E-state index is 13.6. The van der Waals surface area contributed by atoms with Crippen LogP contribution in [-0.4, -0.2) is 38.0 Å². The summed E-state index contributed by atoms with van der Waals surface area (Å²) in [5.41, 5.74) is 1.09. The normalized spacial score (nSPS) is 11.5. The number of benzene rings is 2. The van der Waals surface area contributed by atoms with E-state index in [-0.39, 0.29) is 32.0 Å². The first-order chi connectivity index (χ1) is 12.3. The van der Waals surface area contributed by atoms with Gasteiger partial charge in [-0.3, -0.25) is 4.79 Å². The summed E-state index contributed by atoms with van der Waals surface area (Å²) < 4.78 is 38.7. The fourth-order valence-corrected chi connectivity index (χ4v) is 3.29. The molecule has 0 aliphatic heterocycles. The van der Waals surface area contributed by atoms with Crippen LogP contribution in [0.25, 0.3) is 0 Å².